The lowest BCUT2D eigenvalue weighted by Crippen LogP contribution is -2.02. The Bertz CT molecular complexity index is 1400. The lowest BCUT2D eigenvalue weighted by atomic mass is 10.1. The number of benzene rings is 2. The van der Waals surface area contributed by atoms with Crippen molar-refractivity contribution >= 4 is 33.1 Å². The summed E-state index contributed by atoms with van der Waals surface area (Å²) in [5, 5.41) is 0. The van der Waals surface area contributed by atoms with Crippen molar-refractivity contribution in [2.45, 2.75) is 4.90 Å². The first-order valence-electron chi connectivity index (χ1n) is 8.46. The number of aromatic nitrogens is 3. The van der Waals surface area contributed by atoms with Gasteiger partial charge in [-0.05, 0) is 12.1 Å². The Balaban J connectivity index is 1.61. The van der Waals surface area contributed by atoms with Gasteiger partial charge in [-0.15, -0.1) is 0 Å². The zero-order valence-electron chi connectivity index (χ0n) is 14.7. The van der Waals surface area contributed by atoms with Crippen LogP contribution in [0.15, 0.2) is 68.8 Å². The minimum absolute atomic E-state index is 0.00634. The number of imidazole rings is 1. The molecular weight excluding hydrogens is 378 g/mol. The SMILES string of the molecule is Cn1c(-c2ccccc2)nc2oc(/C=C3\C(=O)c4ccccc4S3(=O)=O)nc21. The normalized spacial score (nSPS) is 16.8. The van der Waals surface area contributed by atoms with E-state index in [-0.39, 0.29) is 27.0 Å². The second-order valence-electron chi connectivity index (χ2n) is 6.38. The molecule has 0 saturated carbocycles. The summed E-state index contributed by atoms with van der Waals surface area (Å²) in [6.07, 6.45) is 1.17. The van der Waals surface area contributed by atoms with Gasteiger partial charge < -0.3 is 8.98 Å². The molecule has 0 aliphatic carbocycles. The number of hydrogen-bond acceptors (Lipinski definition) is 6. The van der Waals surface area contributed by atoms with E-state index in [1.165, 1.54) is 18.2 Å². The van der Waals surface area contributed by atoms with Crippen molar-refractivity contribution in [3.8, 4) is 11.4 Å². The summed E-state index contributed by atoms with van der Waals surface area (Å²) < 4.78 is 32.7. The number of nitrogens with zero attached hydrogens (tertiary/aromatic N) is 3. The Morgan fingerprint density at radius 2 is 1.71 bits per heavy atom. The topological polar surface area (TPSA) is 95.1 Å². The van der Waals surface area contributed by atoms with Crippen LogP contribution in [0.1, 0.15) is 16.2 Å². The van der Waals surface area contributed by atoms with Gasteiger partial charge >= 0.3 is 0 Å². The fourth-order valence-electron chi connectivity index (χ4n) is 3.31. The molecule has 1 aliphatic rings. The standard InChI is InChI=1S/C20H13N3O4S/c1-23-18(12-7-3-2-4-8-12)22-20-19(23)21-16(27-20)11-15-17(24)13-9-5-6-10-14(13)28(15,25)26/h2-11H,1H3/b15-11+. The van der Waals surface area contributed by atoms with Crippen LogP contribution < -0.4 is 0 Å². The average Bonchev–Trinajstić information content (AvgIpc) is 3.30. The van der Waals surface area contributed by atoms with Gasteiger partial charge in [0.2, 0.25) is 27.2 Å². The molecule has 0 fully saturated rings. The zero-order chi connectivity index (χ0) is 19.5. The summed E-state index contributed by atoms with van der Waals surface area (Å²) in [5.41, 5.74) is 1.80. The Labute approximate surface area is 159 Å². The van der Waals surface area contributed by atoms with Crippen LogP contribution in [0.5, 0.6) is 0 Å². The average molecular weight is 391 g/mol. The Hall–Kier alpha value is -3.52. The third-order valence-corrected chi connectivity index (χ3v) is 6.49. The molecule has 0 amide bonds. The van der Waals surface area contributed by atoms with Crippen molar-refractivity contribution in [3.05, 3.63) is 71.0 Å². The maximum Gasteiger partial charge on any atom is 0.267 e. The van der Waals surface area contributed by atoms with Gasteiger partial charge in [-0.2, -0.15) is 9.97 Å². The number of carbonyl (C=O) groups excluding carboxylic acids is 1. The largest absolute Gasteiger partial charge is 0.417 e. The fourth-order valence-corrected chi connectivity index (χ4v) is 4.86. The number of rotatable bonds is 2. The molecular formula is C20H13N3O4S. The van der Waals surface area contributed by atoms with Gasteiger partial charge in [0.15, 0.2) is 0 Å². The number of Topliss-reactive ketones (excluding diaryl/α,β-unsaturated/α-hetero) is 1. The molecule has 0 atom stereocenters. The second-order valence-corrected chi connectivity index (χ2v) is 8.27. The Morgan fingerprint density at radius 3 is 2.43 bits per heavy atom. The highest BCUT2D eigenvalue weighted by molar-refractivity contribution is 7.97. The Morgan fingerprint density at radius 1 is 1.00 bits per heavy atom. The summed E-state index contributed by atoms with van der Waals surface area (Å²) in [7, 11) is -2.10. The van der Waals surface area contributed by atoms with Crippen LogP contribution in [0.3, 0.4) is 0 Å². The third kappa shape index (κ3) is 2.28. The molecule has 5 rings (SSSR count). The number of aryl methyl sites for hydroxylation is 1. The lowest BCUT2D eigenvalue weighted by Gasteiger charge is -2.00. The molecule has 138 valence electrons. The molecule has 0 N–H and O–H groups in total. The van der Waals surface area contributed by atoms with Crippen LogP contribution in [0, 0.1) is 0 Å². The Kier molecular flexibility index (Phi) is 3.41. The van der Waals surface area contributed by atoms with Crippen LogP contribution in [0.4, 0.5) is 0 Å². The molecule has 8 heteroatoms. The number of carbonyl (C=O) groups is 1. The molecule has 0 radical (unpaired) electrons. The number of allylic oxidation sites excluding steroid dienone is 1. The summed E-state index contributed by atoms with van der Waals surface area (Å²) in [6, 6.07) is 15.7. The number of sulfone groups is 1. The summed E-state index contributed by atoms with van der Waals surface area (Å²) in [4.78, 5) is 21.0. The van der Waals surface area contributed by atoms with Crippen LogP contribution >= 0.6 is 0 Å². The summed E-state index contributed by atoms with van der Waals surface area (Å²) in [5.74, 6) is 0.140. The van der Waals surface area contributed by atoms with Gasteiger partial charge in [-0.3, -0.25) is 4.79 Å². The van der Waals surface area contributed by atoms with E-state index in [1.807, 2.05) is 30.3 Å². The van der Waals surface area contributed by atoms with Gasteiger partial charge in [0.1, 0.15) is 10.7 Å². The van der Waals surface area contributed by atoms with Crippen molar-refractivity contribution in [2.24, 2.45) is 7.05 Å². The molecule has 2 aromatic heterocycles. The molecule has 0 unspecified atom stereocenters. The van der Waals surface area contributed by atoms with Crippen molar-refractivity contribution in [1.82, 2.24) is 14.5 Å². The molecule has 7 nitrogen and oxygen atoms in total. The molecule has 0 saturated heterocycles. The fraction of sp³-hybridized carbons (Fsp3) is 0.0500. The van der Waals surface area contributed by atoms with Crippen LogP contribution in [0.2, 0.25) is 0 Å². The first-order chi connectivity index (χ1) is 13.5. The van der Waals surface area contributed by atoms with Gasteiger partial charge in [0.25, 0.3) is 5.71 Å². The van der Waals surface area contributed by atoms with E-state index in [0.717, 1.165) is 5.56 Å². The van der Waals surface area contributed by atoms with E-state index in [1.54, 1.807) is 23.7 Å². The number of fused-ring (bicyclic) bond motifs is 2. The molecule has 0 bridgehead atoms. The monoisotopic (exact) mass is 391 g/mol. The number of ketones is 1. The first kappa shape index (κ1) is 16.6. The van der Waals surface area contributed by atoms with Crippen LogP contribution in [-0.2, 0) is 16.9 Å². The van der Waals surface area contributed by atoms with E-state index >= 15 is 0 Å². The quantitative estimate of drug-likeness (QED) is 0.487. The van der Waals surface area contributed by atoms with Crippen molar-refractivity contribution < 1.29 is 17.6 Å². The van der Waals surface area contributed by atoms with E-state index in [2.05, 4.69) is 9.97 Å². The highest BCUT2D eigenvalue weighted by atomic mass is 32.2. The smallest absolute Gasteiger partial charge is 0.267 e. The highest BCUT2D eigenvalue weighted by Crippen LogP contribution is 2.35. The van der Waals surface area contributed by atoms with E-state index < -0.39 is 15.6 Å². The predicted molar refractivity (Wildman–Crippen MR) is 102 cm³/mol. The van der Waals surface area contributed by atoms with Crippen molar-refractivity contribution in [2.75, 3.05) is 0 Å². The maximum atomic E-state index is 12.7. The molecule has 1 aliphatic heterocycles. The minimum atomic E-state index is -3.89. The molecule has 0 spiro atoms. The van der Waals surface area contributed by atoms with E-state index in [4.69, 9.17) is 4.42 Å². The van der Waals surface area contributed by atoms with Crippen molar-refractivity contribution in [1.29, 1.82) is 0 Å². The lowest BCUT2D eigenvalue weighted by molar-refractivity contribution is 0.104. The molecule has 2 aromatic carbocycles. The van der Waals surface area contributed by atoms with Gasteiger partial charge in [-0.1, -0.05) is 42.5 Å². The third-order valence-electron chi connectivity index (χ3n) is 4.67. The summed E-state index contributed by atoms with van der Waals surface area (Å²) in [6.45, 7) is 0. The minimum Gasteiger partial charge on any atom is -0.417 e. The maximum absolute atomic E-state index is 12.7. The van der Waals surface area contributed by atoms with Gasteiger partial charge in [0.05, 0.1) is 4.90 Å². The molecule has 4 aromatic rings. The van der Waals surface area contributed by atoms with Crippen LogP contribution in [-0.4, -0.2) is 28.7 Å². The second kappa shape index (κ2) is 5.74. The molecule has 28 heavy (non-hydrogen) atoms. The number of oxazole rings is 1. The highest BCUT2D eigenvalue weighted by Gasteiger charge is 2.39. The first-order valence-corrected chi connectivity index (χ1v) is 9.94. The number of hydrogen-bond donors (Lipinski definition) is 0. The van der Waals surface area contributed by atoms with Crippen molar-refractivity contribution in [3.63, 3.8) is 0 Å². The zero-order valence-corrected chi connectivity index (χ0v) is 15.5. The van der Waals surface area contributed by atoms with E-state index in [0.29, 0.717) is 11.5 Å². The van der Waals surface area contributed by atoms with Gasteiger partial charge in [0, 0.05) is 24.3 Å². The predicted octanol–water partition coefficient (Wildman–Crippen LogP) is 3.24. The van der Waals surface area contributed by atoms with Crippen LogP contribution in [0.25, 0.3) is 28.8 Å². The molecule has 3 heterocycles. The van der Waals surface area contributed by atoms with E-state index in [9.17, 15) is 13.2 Å². The summed E-state index contributed by atoms with van der Waals surface area (Å²) >= 11 is 0. The van der Waals surface area contributed by atoms with Gasteiger partial charge in [-0.25, -0.2) is 8.42 Å².